The predicted molar refractivity (Wildman–Crippen MR) is 84.4 cm³/mol. The second-order valence-electron chi connectivity index (χ2n) is 5.52. The molecule has 3 N–H and O–H groups in total. The van der Waals surface area contributed by atoms with E-state index in [1.165, 1.54) is 0 Å². The van der Waals surface area contributed by atoms with Crippen LogP contribution >= 0.6 is 15.9 Å². The number of methoxy groups -OCH3 is 1. The van der Waals surface area contributed by atoms with Crippen molar-refractivity contribution < 1.29 is 14.6 Å². The second kappa shape index (κ2) is 6.66. The fourth-order valence-electron chi connectivity index (χ4n) is 2.29. The van der Waals surface area contributed by atoms with Crippen LogP contribution in [0.5, 0.6) is 5.75 Å². The van der Waals surface area contributed by atoms with Gasteiger partial charge in [0.15, 0.2) is 0 Å². The van der Waals surface area contributed by atoms with Crippen LogP contribution < -0.4 is 15.4 Å². The first kappa shape index (κ1) is 16.1. The maximum atomic E-state index is 11.9. The van der Waals surface area contributed by atoms with E-state index < -0.39 is 5.60 Å². The quantitative estimate of drug-likeness (QED) is 0.759. The van der Waals surface area contributed by atoms with E-state index in [1.807, 2.05) is 25.1 Å². The molecule has 0 unspecified atom stereocenters. The fraction of sp³-hybridized carbons (Fsp3) is 0.533. The van der Waals surface area contributed by atoms with Gasteiger partial charge in [-0.15, -0.1) is 0 Å². The molecule has 0 aromatic heterocycles. The molecule has 1 aromatic carbocycles. The molecule has 0 bridgehead atoms. The van der Waals surface area contributed by atoms with Crippen molar-refractivity contribution in [1.82, 2.24) is 10.6 Å². The van der Waals surface area contributed by atoms with Gasteiger partial charge in [-0.2, -0.15) is 0 Å². The molecule has 6 heteroatoms. The molecule has 2 amide bonds. The van der Waals surface area contributed by atoms with Gasteiger partial charge in [0.2, 0.25) is 0 Å². The van der Waals surface area contributed by atoms with Crippen molar-refractivity contribution in [3.05, 3.63) is 28.2 Å². The van der Waals surface area contributed by atoms with Crippen LogP contribution in [0.2, 0.25) is 0 Å². The number of urea groups is 1. The first-order valence-electron chi connectivity index (χ1n) is 7.04. The maximum Gasteiger partial charge on any atom is 0.315 e. The highest BCUT2D eigenvalue weighted by Crippen LogP contribution is 2.30. The van der Waals surface area contributed by atoms with Crippen LogP contribution in [-0.2, 0) is 0 Å². The van der Waals surface area contributed by atoms with Gasteiger partial charge in [0.05, 0.1) is 23.2 Å². The van der Waals surface area contributed by atoms with Gasteiger partial charge in [-0.3, -0.25) is 0 Å². The molecule has 1 aromatic rings. The average molecular weight is 357 g/mol. The second-order valence-corrected chi connectivity index (χ2v) is 6.37. The molecule has 1 atom stereocenters. The summed E-state index contributed by atoms with van der Waals surface area (Å²) in [7, 11) is 1.61. The van der Waals surface area contributed by atoms with Crippen molar-refractivity contribution in [2.75, 3.05) is 13.7 Å². The monoisotopic (exact) mass is 356 g/mol. The smallest absolute Gasteiger partial charge is 0.315 e. The zero-order valence-electron chi connectivity index (χ0n) is 12.3. The molecule has 0 radical (unpaired) electrons. The number of carbonyl (C=O) groups excluding carboxylic acids is 1. The lowest BCUT2D eigenvalue weighted by atomic mass is 9.80. The molecule has 1 fully saturated rings. The Morgan fingerprint density at radius 1 is 1.52 bits per heavy atom. The van der Waals surface area contributed by atoms with Gasteiger partial charge in [-0.25, -0.2) is 4.79 Å². The third kappa shape index (κ3) is 4.11. The van der Waals surface area contributed by atoms with Crippen molar-refractivity contribution in [2.24, 2.45) is 0 Å². The number of nitrogens with one attached hydrogen (secondary N) is 2. The van der Waals surface area contributed by atoms with Crippen LogP contribution in [0, 0.1) is 0 Å². The van der Waals surface area contributed by atoms with Crippen LogP contribution in [0.4, 0.5) is 4.79 Å². The third-order valence-electron chi connectivity index (χ3n) is 3.89. The van der Waals surface area contributed by atoms with Gasteiger partial charge < -0.3 is 20.5 Å². The van der Waals surface area contributed by atoms with Gasteiger partial charge in [-0.1, -0.05) is 6.07 Å². The Kier molecular flexibility index (Phi) is 5.11. The van der Waals surface area contributed by atoms with Crippen LogP contribution in [0.15, 0.2) is 22.7 Å². The Bertz CT molecular complexity index is 518. The number of halogens is 1. The number of carbonyl (C=O) groups is 1. The van der Waals surface area contributed by atoms with E-state index in [1.54, 1.807) is 7.11 Å². The van der Waals surface area contributed by atoms with Gasteiger partial charge in [0, 0.05) is 6.54 Å². The number of ether oxygens (including phenoxy) is 1. The summed E-state index contributed by atoms with van der Waals surface area (Å²) in [4.78, 5) is 11.9. The molecule has 0 saturated heterocycles. The third-order valence-corrected chi connectivity index (χ3v) is 4.51. The lowest BCUT2D eigenvalue weighted by molar-refractivity contribution is -0.0290. The van der Waals surface area contributed by atoms with Gasteiger partial charge in [0.25, 0.3) is 0 Å². The minimum Gasteiger partial charge on any atom is -0.496 e. The maximum absolute atomic E-state index is 11.9. The molecule has 1 aliphatic rings. The minimum atomic E-state index is -0.705. The Hall–Kier alpha value is -1.27. The van der Waals surface area contributed by atoms with Crippen molar-refractivity contribution in [3.63, 3.8) is 0 Å². The molecule has 21 heavy (non-hydrogen) atoms. The number of hydrogen-bond acceptors (Lipinski definition) is 3. The summed E-state index contributed by atoms with van der Waals surface area (Å²) in [6.07, 6.45) is 2.54. The Morgan fingerprint density at radius 3 is 2.76 bits per heavy atom. The van der Waals surface area contributed by atoms with E-state index in [0.717, 1.165) is 35.0 Å². The van der Waals surface area contributed by atoms with Crippen LogP contribution in [-0.4, -0.2) is 30.4 Å². The number of aliphatic hydroxyl groups is 1. The first-order chi connectivity index (χ1) is 9.93. The molecule has 2 rings (SSSR count). The van der Waals surface area contributed by atoms with Crippen LogP contribution in [0.1, 0.15) is 37.8 Å². The van der Waals surface area contributed by atoms with Crippen LogP contribution in [0.3, 0.4) is 0 Å². The highest BCUT2D eigenvalue weighted by atomic mass is 79.9. The van der Waals surface area contributed by atoms with Crippen molar-refractivity contribution >= 4 is 22.0 Å². The summed E-state index contributed by atoms with van der Waals surface area (Å²) >= 11 is 3.43. The average Bonchev–Trinajstić information content (AvgIpc) is 2.43. The minimum absolute atomic E-state index is 0.136. The summed E-state index contributed by atoms with van der Waals surface area (Å²) in [6.45, 7) is 2.21. The largest absolute Gasteiger partial charge is 0.496 e. The van der Waals surface area contributed by atoms with Crippen molar-refractivity contribution in [2.45, 2.75) is 37.8 Å². The normalized spacial score (nSPS) is 17.5. The van der Waals surface area contributed by atoms with Crippen LogP contribution in [0.25, 0.3) is 0 Å². The Labute approximate surface area is 133 Å². The molecule has 5 nitrogen and oxygen atoms in total. The first-order valence-corrected chi connectivity index (χ1v) is 7.83. The summed E-state index contributed by atoms with van der Waals surface area (Å²) in [5, 5.41) is 15.5. The van der Waals surface area contributed by atoms with E-state index in [2.05, 4.69) is 26.6 Å². The number of hydrogen-bond donors (Lipinski definition) is 3. The van der Waals surface area contributed by atoms with E-state index in [4.69, 9.17) is 4.74 Å². The SMILES string of the molecule is COc1ccc([C@H](C)NC(=O)NCC2(O)CCC2)cc1Br. The zero-order valence-corrected chi connectivity index (χ0v) is 13.9. The highest BCUT2D eigenvalue weighted by molar-refractivity contribution is 9.10. The standard InChI is InChI=1S/C15H21BrN2O3/c1-10(11-4-5-13(21-2)12(16)8-11)18-14(19)17-9-15(20)6-3-7-15/h4-5,8,10,20H,3,6-7,9H2,1-2H3,(H2,17,18,19)/t10-/m0/s1. The Balaban J connectivity index is 1.86. The molecular formula is C15H21BrN2O3. The molecule has 0 aliphatic heterocycles. The van der Waals surface area contributed by atoms with E-state index in [-0.39, 0.29) is 12.1 Å². The van der Waals surface area contributed by atoms with Crippen molar-refractivity contribution in [3.8, 4) is 5.75 Å². The topological polar surface area (TPSA) is 70.6 Å². The predicted octanol–water partition coefficient (Wildman–Crippen LogP) is 2.73. The molecular weight excluding hydrogens is 336 g/mol. The molecule has 1 aliphatic carbocycles. The lowest BCUT2D eigenvalue weighted by Gasteiger charge is -2.36. The molecule has 0 heterocycles. The fourth-order valence-corrected chi connectivity index (χ4v) is 2.85. The summed E-state index contributed by atoms with van der Waals surface area (Å²) in [5.41, 5.74) is 0.268. The lowest BCUT2D eigenvalue weighted by Crippen LogP contribution is -2.50. The molecule has 116 valence electrons. The molecule has 0 spiro atoms. The summed E-state index contributed by atoms with van der Waals surface area (Å²) in [6, 6.07) is 5.28. The van der Waals surface area contributed by atoms with Crippen molar-refractivity contribution in [1.29, 1.82) is 0 Å². The van der Waals surface area contributed by atoms with Gasteiger partial charge in [0.1, 0.15) is 5.75 Å². The highest BCUT2D eigenvalue weighted by Gasteiger charge is 2.34. The zero-order chi connectivity index (χ0) is 15.5. The van der Waals surface area contributed by atoms with Gasteiger partial charge in [-0.05, 0) is 59.8 Å². The van der Waals surface area contributed by atoms with E-state index in [0.29, 0.717) is 6.54 Å². The summed E-state index contributed by atoms with van der Waals surface area (Å²) < 4.78 is 6.03. The summed E-state index contributed by atoms with van der Waals surface area (Å²) in [5.74, 6) is 0.752. The van der Waals surface area contributed by atoms with E-state index in [9.17, 15) is 9.90 Å². The molecule has 1 saturated carbocycles. The number of amides is 2. The Morgan fingerprint density at radius 2 is 2.24 bits per heavy atom. The number of benzene rings is 1. The number of rotatable bonds is 5. The van der Waals surface area contributed by atoms with E-state index >= 15 is 0 Å². The van der Waals surface area contributed by atoms with Gasteiger partial charge >= 0.3 is 6.03 Å².